The monoisotopic (exact) mass is 345 g/mol. The van der Waals surface area contributed by atoms with Crippen LogP contribution in [0.3, 0.4) is 0 Å². The smallest absolute Gasteiger partial charge is 0.221 e. The number of hydrogen-bond acceptors (Lipinski definition) is 4. The number of methoxy groups -OCH3 is 2. The summed E-state index contributed by atoms with van der Waals surface area (Å²) in [7, 11) is 3.24. The predicted molar refractivity (Wildman–Crippen MR) is 97.9 cm³/mol. The van der Waals surface area contributed by atoms with Gasteiger partial charge in [0.05, 0.1) is 20.3 Å². The minimum Gasteiger partial charge on any atom is -0.497 e. The van der Waals surface area contributed by atoms with Crippen LogP contribution in [-0.2, 0) is 4.79 Å². The molecule has 0 saturated heterocycles. The molecule has 0 fully saturated rings. The first kappa shape index (κ1) is 18.2. The van der Waals surface area contributed by atoms with Crippen molar-refractivity contribution in [2.24, 2.45) is 0 Å². The summed E-state index contributed by atoms with van der Waals surface area (Å²) in [5.41, 5.74) is 0.904. The molecule has 0 aliphatic carbocycles. The van der Waals surface area contributed by atoms with Crippen molar-refractivity contribution < 1.29 is 14.3 Å². The molecular weight excluding hydrogens is 322 g/mol. The molecule has 2 aromatic carbocycles. The van der Waals surface area contributed by atoms with Crippen LogP contribution >= 0.6 is 11.8 Å². The molecule has 128 valence electrons. The second-order valence-corrected chi connectivity index (χ2v) is 6.48. The summed E-state index contributed by atoms with van der Waals surface area (Å²) in [4.78, 5) is 13.3. The van der Waals surface area contributed by atoms with Crippen molar-refractivity contribution in [3.05, 3.63) is 54.1 Å². The van der Waals surface area contributed by atoms with Crippen molar-refractivity contribution in [1.29, 1.82) is 0 Å². The third-order valence-corrected chi connectivity index (χ3v) is 4.64. The topological polar surface area (TPSA) is 47.6 Å². The first-order valence-electron chi connectivity index (χ1n) is 7.83. The number of rotatable bonds is 8. The number of benzene rings is 2. The lowest BCUT2D eigenvalue weighted by Crippen LogP contribution is -2.27. The molecule has 5 heteroatoms. The summed E-state index contributed by atoms with van der Waals surface area (Å²) in [5.74, 6) is 2.25. The Labute approximate surface area is 147 Å². The third kappa shape index (κ3) is 5.20. The molecule has 0 aliphatic rings. The summed E-state index contributed by atoms with van der Waals surface area (Å²) < 4.78 is 10.6. The molecule has 1 amide bonds. The Hall–Kier alpha value is -2.14. The Morgan fingerprint density at radius 3 is 2.54 bits per heavy atom. The molecule has 2 rings (SSSR count). The number of carbonyl (C=O) groups is 1. The van der Waals surface area contributed by atoms with Gasteiger partial charge in [0.25, 0.3) is 0 Å². The van der Waals surface area contributed by atoms with Crippen molar-refractivity contribution >= 4 is 17.7 Å². The lowest BCUT2D eigenvalue weighted by atomic mass is 10.1. The van der Waals surface area contributed by atoms with Crippen LogP contribution in [0.1, 0.15) is 24.9 Å². The Kier molecular flexibility index (Phi) is 7.00. The largest absolute Gasteiger partial charge is 0.497 e. The molecule has 0 aromatic heterocycles. The average Bonchev–Trinajstić information content (AvgIpc) is 2.62. The van der Waals surface area contributed by atoms with Crippen LogP contribution in [0.25, 0.3) is 0 Å². The van der Waals surface area contributed by atoms with E-state index in [1.165, 1.54) is 4.90 Å². The van der Waals surface area contributed by atoms with Gasteiger partial charge in [0.2, 0.25) is 5.91 Å². The highest BCUT2D eigenvalue weighted by Crippen LogP contribution is 2.29. The quantitative estimate of drug-likeness (QED) is 0.733. The first-order chi connectivity index (χ1) is 11.6. The van der Waals surface area contributed by atoms with E-state index in [1.54, 1.807) is 26.0 Å². The lowest BCUT2D eigenvalue weighted by Gasteiger charge is -2.18. The van der Waals surface area contributed by atoms with Crippen molar-refractivity contribution in [2.75, 3.05) is 20.0 Å². The number of nitrogens with one attached hydrogen (secondary N) is 1. The van der Waals surface area contributed by atoms with Crippen molar-refractivity contribution in [3.8, 4) is 11.5 Å². The molecule has 0 radical (unpaired) electrons. The van der Waals surface area contributed by atoms with Crippen molar-refractivity contribution in [3.63, 3.8) is 0 Å². The molecule has 0 unspecified atom stereocenters. The summed E-state index contributed by atoms with van der Waals surface area (Å²) in [5, 5.41) is 3.02. The second kappa shape index (κ2) is 9.23. The van der Waals surface area contributed by atoms with E-state index in [2.05, 4.69) is 5.32 Å². The SMILES string of the molecule is COc1ccc(OC)c([C@H](C)NC(=O)CCSc2ccccc2)c1. The highest BCUT2D eigenvalue weighted by molar-refractivity contribution is 7.99. The normalized spacial score (nSPS) is 11.6. The van der Waals surface area contributed by atoms with E-state index in [4.69, 9.17) is 9.47 Å². The number of amides is 1. The molecule has 1 atom stereocenters. The average molecular weight is 345 g/mol. The molecule has 1 N–H and O–H groups in total. The lowest BCUT2D eigenvalue weighted by molar-refractivity contribution is -0.121. The number of thioether (sulfide) groups is 1. The predicted octanol–water partition coefficient (Wildman–Crippen LogP) is 4.06. The van der Waals surface area contributed by atoms with Crippen LogP contribution in [-0.4, -0.2) is 25.9 Å². The fraction of sp³-hybridized carbons (Fsp3) is 0.316. The zero-order chi connectivity index (χ0) is 17.4. The Balaban J connectivity index is 1.89. The summed E-state index contributed by atoms with van der Waals surface area (Å²) in [6, 6.07) is 15.5. The van der Waals surface area contributed by atoms with Gasteiger partial charge in [-0.2, -0.15) is 0 Å². The van der Waals surface area contributed by atoms with Crippen LogP contribution in [0, 0.1) is 0 Å². The Morgan fingerprint density at radius 2 is 1.88 bits per heavy atom. The fourth-order valence-corrected chi connectivity index (χ4v) is 3.22. The van der Waals surface area contributed by atoms with Crippen LogP contribution < -0.4 is 14.8 Å². The maximum atomic E-state index is 12.2. The molecule has 2 aromatic rings. The zero-order valence-corrected chi connectivity index (χ0v) is 15.1. The fourth-order valence-electron chi connectivity index (χ4n) is 2.35. The van der Waals surface area contributed by atoms with Gasteiger partial charge in [-0.05, 0) is 37.3 Å². The maximum absolute atomic E-state index is 12.2. The van der Waals surface area contributed by atoms with E-state index >= 15 is 0 Å². The van der Waals surface area contributed by atoms with Crippen LogP contribution in [0.5, 0.6) is 11.5 Å². The molecule has 24 heavy (non-hydrogen) atoms. The Bertz CT molecular complexity index is 661. The van der Waals surface area contributed by atoms with Gasteiger partial charge in [-0.3, -0.25) is 4.79 Å². The summed E-state index contributed by atoms with van der Waals surface area (Å²) in [6.07, 6.45) is 0.468. The van der Waals surface area contributed by atoms with Gasteiger partial charge in [-0.15, -0.1) is 11.8 Å². The van der Waals surface area contributed by atoms with E-state index in [-0.39, 0.29) is 11.9 Å². The van der Waals surface area contributed by atoms with Crippen LogP contribution in [0.2, 0.25) is 0 Å². The van der Waals surface area contributed by atoms with E-state index in [0.29, 0.717) is 6.42 Å². The second-order valence-electron chi connectivity index (χ2n) is 5.31. The van der Waals surface area contributed by atoms with Gasteiger partial charge in [-0.1, -0.05) is 18.2 Å². The van der Waals surface area contributed by atoms with Gasteiger partial charge in [0.1, 0.15) is 11.5 Å². The summed E-state index contributed by atoms with van der Waals surface area (Å²) >= 11 is 1.68. The summed E-state index contributed by atoms with van der Waals surface area (Å²) in [6.45, 7) is 1.94. The van der Waals surface area contributed by atoms with E-state index in [1.807, 2.05) is 55.5 Å². The van der Waals surface area contributed by atoms with E-state index in [0.717, 1.165) is 22.8 Å². The van der Waals surface area contributed by atoms with Gasteiger partial charge >= 0.3 is 0 Å². The van der Waals surface area contributed by atoms with Crippen molar-refractivity contribution in [2.45, 2.75) is 24.3 Å². The molecule has 0 bridgehead atoms. The molecular formula is C19H23NO3S. The first-order valence-corrected chi connectivity index (χ1v) is 8.81. The minimum atomic E-state index is -0.149. The van der Waals surface area contributed by atoms with Gasteiger partial charge in [0.15, 0.2) is 0 Å². The maximum Gasteiger partial charge on any atom is 0.221 e. The van der Waals surface area contributed by atoms with E-state index < -0.39 is 0 Å². The number of carbonyl (C=O) groups excluding carboxylic acids is 1. The molecule has 0 saturated carbocycles. The number of hydrogen-bond donors (Lipinski definition) is 1. The minimum absolute atomic E-state index is 0.0239. The highest BCUT2D eigenvalue weighted by Gasteiger charge is 2.15. The molecule has 0 heterocycles. The van der Waals surface area contributed by atoms with Gasteiger partial charge in [-0.25, -0.2) is 0 Å². The highest BCUT2D eigenvalue weighted by atomic mass is 32.2. The molecule has 0 aliphatic heterocycles. The standard InChI is InChI=1S/C19H23NO3S/c1-14(17-13-15(22-2)9-10-18(17)23-3)20-19(21)11-12-24-16-7-5-4-6-8-16/h4-10,13-14H,11-12H2,1-3H3,(H,20,21)/t14-/m0/s1. The molecule has 0 spiro atoms. The third-order valence-electron chi connectivity index (χ3n) is 3.62. The molecule has 4 nitrogen and oxygen atoms in total. The van der Waals surface area contributed by atoms with Gasteiger partial charge in [0, 0.05) is 22.6 Å². The Morgan fingerprint density at radius 1 is 1.12 bits per heavy atom. The van der Waals surface area contributed by atoms with E-state index in [9.17, 15) is 4.79 Å². The van der Waals surface area contributed by atoms with Crippen molar-refractivity contribution in [1.82, 2.24) is 5.32 Å². The zero-order valence-electron chi connectivity index (χ0n) is 14.2. The number of ether oxygens (including phenoxy) is 2. The van der Waals surface area contributed by atoms with Gasteiger partial charge < -0.3 is 14.8 Å². The van der Waals surface area contributed by atoms with Crippen LogP contribution in [0.15, 0.2) is 53.4 Å². The van der Waals surface area contributed by atoms with Crippen LogP contribution in [0.4, 0.5) is 0 Å².